The van der Waals surface area contributed by atoms with Crippen LogP contribution in [-0.2, 0) is 10.0 Å². The number of hydrogen-bond acceptors (Lipinski definition) is 5. The van der Waals surface area contributed by atoms with E-state index in [4.69, 9.17) is 4.74 Å². The van der Waals surface area contributed by atoms with Gasteiger partial charge in [-0.1, -0.05) is 6.07 Å². The van der Waals surface area contributed by atoms with Crippen molar-refractivity contribution >= 4 is 15.9 Å². The van der Waals surface area contributed by atoms with Crippen LogP contribution in [0.5, 0.6) is 11.5 Å². The number of sulfonamides is 1. The second-order valence-corrected chi connectivity index (χ2v) is 9.20. The predicted octanol–water partition coefficient (Wildman–Crippen LogP) is 2.60. The molecule has 0 atom stereocenters. The minimum atomic E-state index is -3.69. The molecule has 3 rings (SSSR count). The van der Waals surface area contributed by atoms with E-state index in [0.29, 0.717) is 37.2 Å². The molecular formula is C21H26N2O5S. The Morgan fingerprint density at radius 2 is 1.79 bits per heavy atom. The monoisotopic (exact) mass is 418 g/mol. The van der Waals surface area contributed by atoms with Gasteiger partial charge < -0.3 is 15.2 Å². The molecule has 1 amide bonds. The molecule has 29 heavy (non-hydrogen) atoms. The van der Waals surface area contributed by atoms with Gasteiger partial charge in [0, 0.05) is 24.7 Å². The van der Waals surface area contributed by atoms with Gasteiger partial charge in [-0.3, -0.25) is 4.79 Å². The normalized spacial score (nSPS) is 15.8. The first kappa shape index (κ1) is 21.1. The second kappa shape index (κ2) is 8.42. The Balaban J connectivity index is 1.69. The molecule has 1 heterocycles. The van der Waals surface area contributed by atoms with Crippen molar-refractivity contribution in [2.45, 2.75) is 37.6 Å². The van der Waals surface area contributed by atoms with Gasteiger partial charge >= 0.3 is 0 Å². The fourth-order valence-corrected chi connectivity index (χ4v) is 5.11. The lowest BCUT2D eigenvalue weighted by atomic mass is 10.1. The highest BCUT2D eigenvalue weighted by Crippen LogP contribution is 2.31. The number of aromatic hydroxyl groups is 1. The highest BCUT2D eigenvalue weighted by molar-refractivity contribution is 7.89. The van der Waals surface area contributed by atoms with Gasteiger partial charge in [0.2, 0.25) is 10.0 Å². The highest BCUT2D eigenvalue weighted by Gasteiger charge is 2.32. The molecule has 0 aromatic heterocycles. The van der Waals surface area contributed by atoms with E-state index >= 15 is 0 Å². The minimum absolute atomic E-state index is 0.0286. The van der Waals surface area contributed by atoms with Crippen LogP contribution in [0.4, 0.5) is 0 Å². The Kier molecular flexibility index (Phi) is 6.14. The summed E-state index contributed by atoms with van der Waals surface area (Å²) in [5.41, 5.74) is 2.23. The van der Waals surface area contributed by atoms with Crippen LogP contribution in [0.3, 0.4) is 0 Å². The molecule has 2 aromatic rings. The topological polar surface area (TPSA) is 95.9 Å². The molecular weight excluding hydrogens is 392 g/mol. The van der Waals surface area contributed by atoms with Crippen molar-refractivity contribution in [3.05, 3.63) is 53.1 Å². The van der Waals surface area contributed by atoms with E-state index in [1.165, 1.54) is 23.5 Å². The van der Waals surface area contributed by atoms with Crippen LogP contribution in [0, 0.1) is 13.8 Å². The van der Waals surface area contributed by atoms with Crippen molar-refractivity contribution < 1.29 is 23.1 Å². The molecule has 2 aromatic carbocycles. The van der Waals surface area contributed by atoms with Crippen LogP contribution in [0.1, 0.15) is 34.3 Å². The Bertz CT molecular complexity index is 1010. The van der Waals surface area contributed by atoms with E-state index in [1.807, 2.05) is 13.8 Å². The quantitative estimate of drug-likeness (QED) is 0.778. The second-order valence-electron chi connectivity index (χ2n) is 7.29. The van der Waals surface area contributed by atoms with Crippen LogP contribution in [0.2, 0.25) is 0 Å². The fourth-order valence-electron chi connectivity index (χ4n) is 3.42. The van der Waals surface area contributed by atoms with Gasteiger partial charge in [-0.15, -0.1) is 0 Å². The molecule has 7 nitrogen and oxygen atoms in total. The van der Waals surface area contributed by atoms with Crippen molar-refractivity contribution in [2.24, 2.45) is 0 Å². The Morgan fingerprint density at radius 1 is 1.14 bits per heavy atom. The van der Waals surface area contributed by atoms with E-state index in [-0.39, 0.29) is 22.6 Å². The summed E-state index contributed by atoms with van der Waals surface area (Å²) in [4.78, 5) is 12.5. The summed E-state index contributed by atoms with van der Waals surface area (Å²) in [6.07, 6.45) is 1.02. The Hall–Kier alpha value is -2.58. The number of piperidine rings is 1. The molecule has 0 radical (unpaired) electrons. The Morgan fingerprint density at radius 3 is 2.41 bits per heavy atom. The zero-order valence-corrected chi connectivity index (χ0v) is 17.6. The molecule has 0 aliphatic carbocycles. The zero-order valence-electron chi connectivity index (χ0n) is 16.8. The van der Waals surface area contributed by atoms with Crippen LogP contribution in [0.25, 0.3) is 0 Å². The zero-order chi connectivity index (χ0) is 21.2. The van der Waals surface area contributed by atoms with E-state index in [9.17, 15) is 18.3 Å². The van der Waals surface area contributed by atoms with Crippen molar-refractivity contribution in [2.75, 3.05) is 20.2 Å². The lowest BCUT2D eigenvalue weighted by Gasteiger charge is -2.32. The third-order valence-corrected chi connectivity index (χ3v) is 7.22. The number of phenols is 1. The van der Waals surface area contributed by atoms with E-state index in [1.54, 1.807) is 24.3 Å². The number of rotatable bonds is 5. The summed E-state index contributed by atoms with van der Waals surface area (Å²) in [6, 6.07) is 9.40. The van der Waals surface area contributed by atoms with Crippen LogP contribution >= 0.6 is 0 Å². The molecule has 0 saturated carbocycles. The number of hydrogen-bond donors (Lipinski definition) is 2. The van der Waals surface area contributed by atoms with Crippen LogP contribution in [0.15, 0.2) is 41.3 Å². The van der Waals surface area contributed by atoms with E-state index < -0.39 is 10.0 Å². The summed E-state index contributed by atoms with van der Waals surface area (Å²) >= 11 is 0. The maximum Gasteiger partial charge on any atom is 0.251 e. The number of methoxy groups -OCH3 is 1. The third-order valence-electron chi connectivity index (χ3n) is 5.30. The maximum atomic E-state index is 13.1. The van der Waals surface area contributed by atoms with Gasteiger partial charge in [-0.25, -0.2) is 8.42 Å². The number of carbonyl (C=O) groups excluding carboxylic acids is 1. The largest absolute Gasteiger partial charge is 0.508 e. The number of amides is 1. The van der Waals surface area contributed by atoms with Gasteiger partial charge in [0.25, 0.3) is 5.91 Å². The highest BCUT2D eigenvalue weighted by atomic mass is 32.2. The first-order chi connectivity index (χ1) is 13.7. The summed E-state index contributed by atoms with van der Waals surface area (Å²) < 4.78 is 33.0. The summed E-state index contributed by atoms with van der Waals surface area (Å²) in [7, 11) is -2.23. The lowest BCUT2D eigenvalue weighted by molar-refractivity contribution is 0.0923. The van der Waals surface area contributed by atoms with E-state index in [0.717, 1.165) is 11.1 Å². The maximum absolute atomic E-state index is 13.1. The van der Waals surface area contributed by atoms with Crippen molar-refractivity contribution in [3.63, 3.8) is 0 Å². The number of nitrogens with one attached hydrogen (secondary N) is 1. The van der Waals surface area contributed by atoms with Crippen LogP contribution in [-0.4, -0.2) is 50.0 Å². The smallest absolute Gasteiger partial charge is 0.251 e. The van der Waals surface area contributed by atoms with Crippen molar-refractivity contribution in [1.29, 1.82) is 0 Å². The minimum Gasteiger partial charge on any atom is -0.508 e. The molecule has 8 heteroatoms. The number of aryl methyl sites for hydroxylation is 2. The van der Waals surface area contributed by atoms with Crippen LogP contribution < -0.4 is 10.1 Å². The summed E-state index contributed by atoms with van der Waals surface area (Å²) in [6.45, 7) is 4.40. The molecule has 1 fully saturated rings. The first-order valence-corrected chi connectivity index (χ1v) is 10.9. The Labute approximate surface area is 171 Å². The van der Waals surface area contributed by atoms with Gasteiger partial charge in [0.05, 0.1) is 7.11 Å². The molecule has 156 valence electrons. The third kappa shape index (κ3) is 4.54. The average molecular weight is 419 g/mol. The van der Waals surface area contributed by atoms with Crippen molar-refractivity contribution in [3.8, 4) is 11.5 Å². The molecule has 0 bridgehead atoms. The lowest BCUT2D eigenvalue weighted by Crippen LogP contribution is -2.46. The number of phenolic OH excluding ortho intramolecular Hbond substituents is 1. The van der Waals surface area contributed by atoms with Gasteiger partial charge in [0.1, 0.15) is 16.4 Å². The SMILES string of the molecule is COc1cc(C)c(C)cc1S(=O)(=O)N1CCC(NC(=O)c2cccc(O)c2)CC1. The first-order valence-electron chi connectivity index (χ1n) is 9.47. The molecule has 1 saturated heterocycles. The number of ether oxygens (including phenoxy) is 1. The number of benzene rings is 2. The summed E-state index contributed by atoms with van der Waals surface area (Å²) in [5.74, 6) is 0.0892. The standard InChI is InChI=1S/C21H26N2O5S/c1-14-11-19(28-3)20(12-15(14)2)29(26,27)23-9-7-17(8-10-23)22-21(25)16-5-4-6-18(24)13-16/h4-6,11-13,17,24H,7-10H2,1-3H3,(H,22,25). The van der Waals surface area contributed by atoms with Crippen molar-refractivity contribution in [1.82, 2.24) is 9.62 Å². The predicted molar refractivity (Wildman–Crippen MR) is 110 cm³/mol. The average Bonchev–Trinajstić information content (AvgIpc) is 2.70. The molecule has 0 unspecified atom stereocenters. The molecule has 1 aliphatic rings. The number of carbonyl (C=O) groups is 1. The van der Waals surface area contributed by atoms with Gasteiger partial charge in [-0.2, -0.15) is 4.31 Å². The van der Waals surface area contributed by atoms with E-state index in [2.05, 4.69) is 5.32 Å². The van der Waals surface area contributed by atoms with Gasteiger partial charge in [-0.05, 0) is 68.1 Å². The molecule has 0 spiro atoms. The van der Waals surface area contributed by atoms with Gasteiger partial charge in [0.15, 0.2) is 0 Å². The molecule has 2 N–H and O–H groups in total. The summed E-state index contributed by atoms with van der Waals surface area (Å²) in [5, 5.41) is 12.4. The number of nitrogens with zero attached hydrogens (tertiary/aromatic N) is 1. The fraction of sp³-hybridized carbons (Fsp3) is 0.381. The molecule has 1 aliphatic heterocycles.